The van der Waals surface area contributed by atoms with Gasteiger partial charge in [-0.25, -0.2) is 4.79 Å². The molecule has 0 N–H and O–H groups in total. The first-order valence-corrected chi connectivity index (χ1v) is 11.5. The maximum absolute atomic E-state index is 13.1. The van der Waals surface area contributed by atoms with Gasteiger partial charge in [0, 0.05) is 43.7 Å². The lowest BCUT2D eigenvalue weighted by Crippen LogP contribution is -2.53. The SMILES string of the molecule is O=C1OC2(CCC(C(=O)N3CCN(C4CCCCC4)CC3)CC2)c2ccccc21. The number of rotatable bonds is 2. The molecule has 0 bridgehead atoms. The Kier molecular flexibility index (Phi) is 5.10. The van der Waals surface area contributed by atoms with E-state index in [1.807, 2.05) is 24.3 Å². The van der Waals surface area contributed by atoms with Crippen molar-refractivity contribution in [3.8, 4) is 0 Å². The standard InChI is InChI=1S/C24H32N2O3/c27-22(26-16-14-25(15-17-26)19-6-2-1-3-7-19)18-10-12-24(13-11-18)21-9-5-4-8-20(21)23(28)29-24/h4-5,8-9,18-19H,1-3,6-7,10-17H2. The molecule has 2 aliphatic heterocycles. The van der Waals surface area contributed by atoms with E-state index in [1.165, 1.54) is 32.1 Å². The molecule has 1 amide bonds. The van der Waals surface area contributed by atoms with E-state index in [1.54, 1.807) is 0 Å². The highest BCUT2D eigenvalue weighted by Gasteiger charge is 2.48. The summed E-state index contributed by atoms with van der Waals surface area (Å²) in [5, 5.41) is 0. The highest BCUT2D eigenvalue weighted by molar-refractivity contribution is 5.94. The number of amides is 1. The van der Waals surface area contributed by atoms with Gasteiger partial charge in [-0.2, -0.15) is 0 Å². The van der Waals surface area contributed by atoms with Crippen LogP contribution in [0.2, 0.25) is 0 Å². The van der Waals surface area contributed by atoms with Crippen LogP contribution < -0.4 is 0 Å². The van der Waals surface area contributed by atoms with E-state index in [0.717, 1.165) is 63.5 Å². The van der Waals surface area contributed by atoms with Crippen molar-refractivity contribution in [2.75, 3.05) is 26.2 Å². The zero-order valence-electron chi connectivity index (χ0n) is 17.3. The van der Waals surface area contributed by atoms with Crippen molar-refractivity contribution >= 4 is 11.9 Å². The molecule has 0 aromatic heterocycles. The molecule has 2 heterocycles. The summed E-state index contributed by atoms with van der Waals surface area (Å²) in [6.45, 7) is 3.79. The Morgan fingerprint density at radius 1 is 0.931 bits per heavy atom. The van der Waals surface area contributed by atoms with Crippen LogP contribution in [0.5, 0.6) is 0 Å². The average Bonchev–Trinajstić information content (AvgIpc) is 3.06. The van der Waals surface area contributed by atoms with Gasteiger partial charge in [0.05, 0.1) is 5.56 Å². The first-order chi connectivity index (χ1) is 14.2. The first-order valence-electron chi connectivity index (χ1n) is 11.5. The zero-order valence-corrected chi connectivity index (χ0v) is 17.3. The number of nitrogens with zero attached hydrogens (tertiary/aromatic N) is 2. The summed E-state index contributed by atoms with van der Waals surface area (Å²) in [6, 6.07) is 8.49. The Balaban J connectivity index is 1.17. The van der Waals surface area contributed by atoms with Gasteiger partial charge in [0.25, 0.3) is 0 Å². The van der Waals surface area contributed by atoms with E-state index >= 15 is 0 Å². The van der Waals surface area contributed by atoms with Crippen molar-refractivity contribution in [3.63, 3.8) is 0 Å². The molecular weight excluding hydrogens is 364 g/mol. The van der Waals surface area contributed by atoms with Crippen molar-refractivity contribution in [1.29, 1.82) is 0 Å². The maximum atomic E-state index is 13.1. The number of hydrogen-bond donors (Lipinski definition) is 0. The van der Waals surface area contributed by atoms with E-state index < -0.39 is 5.60 Å². The lowest BCUT2D eigenvalue weighted by molar-refractivity contribution is -0.140. The molecular formula is C24H32N2O3. The number of carbonyl (C=O) groups is 2. The summed E-state index contributed by atoms with van der Waals surface area (Å²) in [5.41, 5.74) is 1.23. The van der Waals surface area contributed by atoms with Gasteiger partial charge in [-0.15, -0.1) is 0 Å². The number of piperazine rings is 1. The average molecular weight is 397 g/mol. The number of fused-ring (bicyclic) bond motifs is 2. The van der Waals surface area contributed by atoms with Gasteiger partial charge in [0.1, 0.15) is 5.60 Å². The normalized spacial score (nSPS) is 31.0. The van der Waals surface area contributed by atoms with E-state index in [-0.39, 0.29) is 11.9 Å². The molecule has 2 saturated carbocycles. The van der Waals surface area contributed by atoms with Gasteiger partial charge in [-0.1, -0.05) is 37.5 Å². The molecule has 0 atom stereocenters. The van der Waals surface area contributed by atoms with Crippen LogP contribution in [0.25, 0.3) is 0 Å². The van der Waals surface area contributed by atoms with Crippen molar-refractivity contribution < 1.29 is 14.3 Å². The number of esters is 1. The monoisotopic (exact) mass is 396 g/mol. The van der Waals surface area contributed by atoms with Crippen LogP contribution in [0, 0.1) is 5.92 Å². The van der Waals surface area contributed by atoms with E-state index in [9.17, 15) is 9.59 Å². The minimum atomic E-state index is -0.496. The topological polar surface area (TPSA) is 49.9 Å². The third-order valence-corrected chi connectivity index (χ3v) is 7.79. The van der Waals surface area contributed by atoms with Gasteiger partial charge >= 0.3 is 5.97 Å². The fraction of sp³-hybridized carbons (Fsp3) is 0.667. The van der Waals surface area contributed by atoms with Crippen molar-refractivity contribution in [2.45, 2.75) is 69.4 Å². The van der Waals surface area contributed by atoms with Gasteiger partial charge in [-0.05, 0) is 44.6 Å². The second-order valence-corrected chi connectivity index (χ2v) is 9.36. The third-order valence-electron chi connectivity index (χ3n) is 7.79. The Labute approximate surface area is 173 Å². The van der Waals surface area contributed by atoms with Crippen LogP contribution in [0.4, 0.5) is 0 Å². The Bertz CT molecular complexity index is 770. The number of hydrogen-bond acceptors (Lipinski definition) is 4. The molecule has 0 radical (unpaired) electrons. The maximum Gasteiger partial charge on any atom is 0.339 e. The van der Waals surface area contributed by atoms with Crippen LogP contribution in [-0.4, -0.2) is 53.9 Å². The first kappa shape index (κ1) is 19.1. The second kappa shape index (κ2) is 7.75. The number of ether oxygens (including phenoxy) is 1. The van der Waals surface area contributed by atoms with E-state index in [0.29, 0.717) is 11.5 Å². The molecule has 0 unspecified atom stereocenters. The summed E-state index contributed by atoms with van der Waals surface area (Å²) >= 11 is 0. The molecule has 3 fully saturated rings. The third kappa shape index (κ3) is 3.48. The summed E-state index contributed by atoms with van der Waals surface area (Å²) in [5.74, 6) is 0.193. The molecule has 5 rings (SSSR count). The zero-order chi connectivity index (χ0) is 19.8. The molecule has 5 nitrogen and oxygen atoms in total. The lowest BCUT2D eigenvalue weighted by Gasteiger charge is -2.43. The fourth-order valence-corrected chi connectivity index (χ4v) is 6.06. The van der Waals surface area contributed by atoms with Crippen LogP contribution >= 0.6 is 0 Å². The highest BCUT2D eigenvalue weighted by Crippen LogP contribution is 2.48. The largest absolute Gasteiger partial charge is 0.451 e. The molecule has 5 heteroatoms. The predicted molar refractivity (Wildman–Crippen MR) is 111 cm³/mol. The van der Waals surface area contributed by atoms with E-state index in [4.69, 9.17) is 4.74 Å². The van der Waals surface area contributed by atoms with Crippen LogP contribution in [0.1, 0.15) is 73.7 Å². The Morgan fingerprint density at radius 3 is 2.34 bits per heavy atom. The summed E-state index contributed by atoms with van der Waals surface area (Å²) in [7, 11) is 0. The minimum absolute atomic E-state index is 0.0771. The molecule has 1 spiro atoms. The van der Waals surface area contributed by atoms with Gasteiger partial charge in [0.15, 0.2) is 0 Å². The second-order valence-electron chi connectivity index (χ2n) is 9.36. The lowest BCUT2D eigenvalue weighted by atomic mass is 9.74. The molecule has 156 valence electrons. The van der Waals surface area contributed by atoms with Gasteiger partial charge in [-0.3, -0.25) is 9.69 Å². The van der Waals surface area contributed by atoms with Crippen molar-refractivity contribution in [3.05, 3.63) is 35.4 Å². The summed E-state index contributed by atoms with van der Waals surface area (Å²) in [6.07, 6.45) is 9.91. The molecule has 1 saturated heterocycles. The predicted octanol–water partition coefficient (Wildman–Crippen LogP) is 3.72. The van der Waals surface area contributed by atoms with Crippen molar-refractivity contribution in [1.82, 2.24) is 9.80 Å². The van der Waals surface area contributed by atoms with Gasteiger partial charge in [0.2, 0.25) is 5.91 Å². The minimum Gasteiger partial charge on any atom is -0.451 e. The van der Waals surface area contributed by atoms with Gasteiger partial charge < -0.3 is 9.64 Å². The quantitative estimate of drug-likeness (QED) is 0.715. The number of carbonyl (C=O) groups excluding carboxylic acids is 2. The number of benzene rings is 1. The summed E-state index contributed by atoms with van der Waals surface area (Å²) in [4.78, 5) is 30.1. The Hall–Kier alpha value is -1.88. The molecule has 1 aromatic rings. The van der Waals surface area contributed by atoms with Crippen LogP contribution in [0.15, 0.2) is 24.3 Å². The Morgan fingerprint density at radius 2 is 1.62 bits per heavy atom. The molecule has 4 aliphatic rings. The molecule has 1 aromatic carbocycles. The van der Waals surface area contributed by atoms with Crippen LogP contribution in [-0.2, 0) is 15.1 Å². The van der Waals surface area contributed by atoms with Crippen molar-refractivity contribution in [2.24, 2.45) is 5.92 Å². The van der Waals surface area contributed by atoms with E-state index in [2.05, 4.69) is 9.80 Å². The highest BCUT2D eigenvalue weighted by atomic mass is 16.6. The fourth-order valence-electron chi connectivity index (χ4n) is 6.06. The van der Waals surface area contributed by atoms with Crippen LogP contribution in [0.3, 0.4) is 0 Å². The smallest absolute Gasteiger partial charge is 0.339 e. The summed E-state index contributed by atoms with van der Waals surface area (Å²) < 4.78 is 5.84. The molecule has 2 aliphatic carbocycles. The molecule has 29 heavy (non-hydrogen) atoms.